The minimum atomic E-state index is -0.0252. The second kappa shape index (κ2) is 4.41. The molecule has 5 nitrogen and oxygen atoms in total. The fourth-order valence-electron chi connectivity index (χ4n) is 2.81. The summed E-state index contributed by atoms with van der Waals surface area (Å²) in [6, 6.07) is 11.5. The van der Waals surface area contributed by atoms with Gasteiger partial charge in [-0.25, -0.2) is 9.97 Å². The normalized spacial score (nSPS) is 11.7. The lowest BCUT2D eigenvalue weighted by molar-refractivity contribution is 0.665. The summed E-state index contributed by atoms with van der Waals surface area (Å²) in [4.78, 5) is 21.7. The smallest absolute Gasteiger partial charge is 0.264 e. The van der Waals surface area contributed by atoms with Crippen molar-refractivity contribution >= 4 is 27.8 Å². The molecule has 0 atom stereocenters. The Kier molecular flexibility index (Phi) is 2.54. The Morgan fingerprint density at radius 3 is 2.86 bits per heavy atom. The number of hydrogen-bond acceptors (Lipinski definition) is 3. The molecule has 0 amide bonds. The van der Waals surface area contributed by atoms with Crippen LogP contribution in [0.4, 0.5) is 0 Å². The molecule has 0 spiro atoms. The first-order chi connectivity index (χ1) is 10.3. The summed E-state index contributed by atoms with van der Waals surface area (Å²) in [6.45, 7) is 2.70. The minimum Gasteiger partial charge on any atom is -0.278 e. The Balaban J connectivity index is 2.35. The van der Waals surface area contributed by atoms with Crippen LogP contribution in [0.1, 0.15) is 13.3 Å². The Morgan fingerprint density at radius 1 is 1.14 bits per heavy atom. The van der Waals surface area contributed by atoms with Gasteiger partial charge in [-0.2, -0.15) is 0 Å². The molecule has 0 radical (unpaired) electrons. The lowest BCUT2D eigenvalue weighted by Crippen LogP contribution is -2.23. The second-order valence-corrected chi connectivity index (χ2v) is 5.07. The molecular formula is C16H14N4O. The molecule has 5 heteroatoms. The van der Waals surface area contributed by atoms with Crippen LogP contribution in [-0.2, 0) is 6.54 Å². The topological polar surface area (TPSA) is 52.2 Å². The van der Waals surface area contributed by atoms with Gasteiger partial charge in [-0.3, -0.25) is 13.8 Å². The maximum absolute atomic E-state index is 12.7. The van der Waals surface area contributed by atoms with Crippen molar-refractivity contribution in [1.29, 1.82) is 0 Å². The Labute approximate surface area is 120 Å². The minimum absolute atomic E-state index is 0.0252. The van der Waals surface area contributed by atoms with Crippen molar-refractivity contribution in [3.8, 4) is 0 Å². The maximum atomic E-state index is 12.7. The van der Waals surface area contributed by atoms with E-state index in [1.54, 1.807) is 16.8 Å². The standard InChI is InChI=1S/C16H14N4O/c1-2-10-19-15(21)11-6-5-9-17-14(11)20-13-8-4-3-7-12(13)18-16(19)20/h3-9H,2,10H2,1H3. The van der Waals surface area contributed by atoms with Crippen molar-refractivity contribution in [3.05, 3.63) is 52.9 Å². The molecule has 3 heterocycles. The monoisotopic (exact) mass is 278 g/mol. The summed E-state index contributed by atoms with van der Waals surface area (Å²) in [5.41, 5.74) is 2.49. The van der Waals surface area contributed by atoms with Crippen LogP contribution in [0.25, 0.3) is 27.8 Å². The molecule has 0 unspecified atom stereocenters. The lowest BCUT2D eigenvalue weighted by Gasteiger charge is -2.09. The van der Waals surface area contributed by atoms with Gasteiger partial charge >= 0.3 is 0 Å². The fourth-order valence-corrected chi connectivity index (χ4v) is 2.81. The van der Waals surface area contributed by atoms with Crippen LogP contribution >= 0.6 is 0 Å². The summed E-state index contributed by atoms with van der Waals surface area (Å²) >= 11 is 0. The molecule has 4 rings (SSSR count). The van der Waals surface area contributed by atoms with Crippen LogP contribution in [0.5, 0.6) is 0 Å². The van der Waals surface area contributed by atoms with E-state index >= 15 is 0 Å². The van der Waals surface area contributed by atoms with Crippen LogP contribution in [0, 0.1) is 0 Å². The van der Waals surface area contributed by atoms with Crippen molar-refractivity contribution in [2.24, 2.45) is 0 Å². The summed E-state index contributed by atoms with van der Waals surface area (Å²) in [5, 5.41) is 0.626. The zero-order valence-corrected chi connectivity index (χ0v) is 11.7. The first-order valence-corrected chi connectivity index (χ1v) is 7.06. The molecule has 0 aliphatic carbocycles. The number of fused-ring (bicyclic) bond motifs is 5. The van der Waals surface area contributed by atoms with E-state index in [4.69, 9.17) is 0 Å². The number of imidazole rings is 1. The van der Waals surface area contributed by atoms with E-state index in [0.717, 1.165) is 17.5 Å². The molecule has 21 heavy (non-hydrogen) atoms. The van der Waals surface area contributed by atoms with E-state index in [-0.39, 0.29) is 5.56 Å². The number of benzene rings is 1. The fraction of sp³-hybridized carbons (Fsp3) is 0.188. The van der Waals surface area contributed by atoms with Gasteiger partial charge < -0.3 is 0 Å². The Hall–Kier alpha value is -2.69. The average molecular weight is 278 g/mol. The first-order valence-electron chi connectivity index (χ1n) is 7.06. The van der Waals surface area contributed by atoms with Gasteiger partial charge in [0.15, 0.2) is 5.65 Å². The quantitative estimate of drug-likeness (QED) is 0.566. The average Bonchev–Trinajstić information content (AvgIpc) is 2.91. The SMILES string of the molecule is CCCn1c(=O)c2cccnc2n2c3ccccc3nc12. The molecule has 0 saturated heterocycles. The summed E-state index contributed by atoms with van der Waals surface area (Å²) < 4.78 is 3.71. The summed E-state index contributed by atoms with van der Waals surface area (Å²) in [6.07, 6.45) is 2.59. The van der Waals surface area contributed by atoms with E-state index in [1.165, 1.54) is 0 Å². The number of pyridine rings is 1. The highest BCUT2D eigenvalue weighted by Gasteiger charge is 2.15. The second-order valence-electron chi connectivity index (χ2n) is 5.07. The first kappa shape index (κ1) is 12.1. The highest BCUT2D eigenvalue weighted by Crippen LogP contribution is 2.19. The highest BCUT2D eigenvalue weighted by molar-refractivity contribution is 5.87. The van der Waals surface area contributed by atoms with Gasteiger partial charge in [0.1, 0.15) is 0 Å². The van der Waals surface area contributed by atoms with Gasteiger partial charge in [-0.1, -0.05) is 19.1 Å². The van der Waals surface area contributed by atoms with Gasteiger partial charge in [-0.05, 0) is 30.7 Å². The van der Waals surface area contributed by atoms with E-state index in [2.05, 4.69) is 16.9 Å². The third kappa shape index (κ3) is 1.60. The molecule has 1 aromatic carbocycles. The van der Waals surface area contributed by atoms with Crippen molar-refractivity contribution in [2.75, 3.05) is 0 Å². The van der Waals surface area contributed by atoms with E-state index in [0.29, 0.717) is 23.4 Å². The number of rotatable bonds is 2. The third-order valence-electron chi connectivity index (χ3n) is 3.71. The molecule has 0 saturated carbocycles. The highest BCUT2D eigenvalue weighted by atomic mass is 16.1. The Morgan fingerprint density at radius 2 is 2.00 bits per heavy atom. The van der Waals surface area contributed by atoms with Crippen molar-refractivity contribution in [2.45, 2.75) is 19.9 Å². The van der Waals surface area contributed by atoms with E-state index in [9.17, 15) is 4.79 Å². The number of nitrogens with zero attached hydrogens (tertiary/aromatic N) is 4. The molecule has 0 N–H and O–H groups in total. The van der Waals surface area contributed by atoms with Crippen LogP contribution in [0.2, 0.25) is 0 Å². The molecule has 104 valence electrons. The van der Waals surface area contributed by atoms with Crippen LogP contribution in [0.3, 0.4) is 0 Å². The van der Waals surface area contributed by atoms with E-state index in [1.807, 2.05) is 34.7 Å². The molecule has 4 aromatic rings. The molecule has 0 fully saturated rings. The maximum Gasteiger partial charge on any atom is 0.264 e. The van der Waals surface area contributed by atoms with Crippen LogP contribution in [0.15, 0.2) is 47.4 Å². The number of aryl methyl sites for hydroxylation is 1. The molecule has 0 bridgehead atoms. The van der Waals surface area contributed by atoms with Crippen molar-refractivity contribution in [3.63, 3.8) is 0 Å². The van der Waals surface area contributed by atoms with Crippen molar-refractivity contribution < 1.29 is 0 Å². The number of hydrogen-bond donors (Lipinski definition) is 0. The van der Waals surface area contributed by atoms with Gasteiger partial charge in [0, 0.05) is 12.7 Å². The lowest BCUT2D eigenvalue weighted by atomic mass is 10.3. The number of aromatic nitrogens is 4. The predicted octanol–water partition coefficient (Wildman–Crippen LogP) is 2.61. The van der Waals surface area contributed by atoms with Crippen molar-refractivity contribution in [1.82, 2.24) is 18.9 Å². The largest absolute Gasteiger partial charge is 0.278 e. The van der Waals surface area contributed by atoms with Gasteiger partial charge in [0.05, 0.1) is 16.4 Å². The molecule has 0 aliphatic heterocycles. The van der Waals surface area contributed by atoms with Gasteiger partial charge in [-0.15, -0.1) is 0 Å². The van der Waals surface area contributed by atoms with Crippen LogP contribution in [-0.4, -0.2) is 18.9 Å². The third-order valence-corrected chi connectivity index (χ3v) is 3.71. The number of para-hydroxylation sites is 2. The Bertz CT molecular complexity index is 1030. The zero-order valence-electron chi connectivity index (χ0n) is 11.7. The van der Waals surface area contributed by atoms with Gasteiger partial charge in [0.2, 0.25) is 5.78 Å². The zero-order chi connectivity index (χ0) is 14.4. The van der Waals surface area contributed by atoms with E-state index < -0.39 is 0 Å². The predicted molar refractivity (Wildman–Crippen MR) is 82.6 cm³/mol. The van der Waals surface area contributed by atoms with Crippen LogP contribution < -0.4 is 5.56 Å². The van der Waals surface area contributed by atoms with Gasteiger partial charge in [0.25, 0.3) is 5.56 Å². The summed E-state index contributed by atoms with van der Waals surface area (Å²) in [5.74, 6) is 0.661. The molecular weight excluding hydrogens is 264 g/mol. The molecule has 0 aliphatic rings. The summed E-state index contributed by atoms with van der Waals surface area (Å²) in [7, 11) is 0. The molecule has 3 aromatic heterocycles.